The maximum atomic E-state index is 11.8. The predicted octanol–water partition coefficient (Wildman–Crippen LogP) is 4.65. The van der Waals surface area contributed by atoms with Gasteiger partial charge in [-0.2, -0.15) is 0 Å². The lowest BCUT2D eigenvalue weighted by molar-refractivity contribution is -0.147. The molecule has 1 atom stereocenters. The zero-order valence-corrected chi connectivity index (χ0v) is 25.8. The molecule has 0 aliphatic carbocycles. The Labute approximate surface area is 234 Å². The molecule has 218 valence electrons. The largest absolute Gasteiger partial charge is 0.481 e. The molecular formula is C29H44O9Si. The van der Waals surface area contributed by atoms with Crippen molar-refractivity contribution in [2.24, 2.45) is 5.41 Å². The number of carboxylic acid groups (broad SMARTS) is 1. The third-order valence-electron chi connectivity index (χ3n) is 6.19. The van der Waals surface area contributed by atoms with Gasteiger partial charge in [0, 0.05) is 30.4 Å². The van der Waals surface area contributed by atoms with Crippen LogP contribution in [0.25, 0.3) is 0 Å². The van der Waals surface area contributed by atoms with E-state index in [4.69, 9.17) is 23.7 Å². The van der Waals surface area contributed by atoms with Crippen molar-refractivity contribution >= 4 is 32.2 Å². The van der Waals surface area contributed by atoms with Crippen LogP contribution in [0.1, 0.15) is 73.6 Å². The number of esters is 3. The van der Waals surface area contributed by atoms with Gasteiger partial charge in [0.05, 0.1) is 26.6 Å². The van der Waals surface area contributed by atoms with Crippen molar-refractivity contribution in [3.63, 3.8) is 0 Å². The molecule has 0 aromatic rings. The summed E-state index contributed by atoms with van der Waals surface area (Å²) in [5.41, 5.74) is 0.0176. The van der Waals surface area contributed by atoms with Gasteiger partial charge < -0.3 is 23.7 Å². The first kappa shape index (κ1) is 35.9. The number of hydrogen-bond donors (Lipinski definition) is 1. The molecule has 0 radical (unpaired) electrons. The van der Waals surface area contributed by atoms with E-state index in [1.165, 1.54) is 20.1 Å². The average molecular weight is 565 g/mol. The summed E-state index contributed by atoms with van der Waals surface area (Å²) in [6, 6.07) is 0. The van der Waals surface area contributed by atoms with Crippen LogP contribution in [0.15, 0.2) is 11.6 Å². The predicted molar refractivity (Wildman–Crippen MR) is 150 cm³/mol. The molecule has 0 bridgehead atoms. The summed E-state index contributed by atoms with van der Waals surface area (Å²) in [7, 11) is -0.924. The number of carbonyl (C=O) groups is 4. The minimum atomic E-state index is -2.20. The van der Waals surface area contributed by atoms with E-state index in [1.54, 1.807) is 0 Å². The van der Waals surface area contributed by atoms with Crippen LogP contribution >= 0.6 is 0 Å². The Hall–Kier alpha value is -3.08. The van der Waals surface area contributed by atoms with Crippen molar-refractivity contribution in [2.45, 2.75) is 97.9 Å². The normalized spacial score (nSPS) is 12.7. The van der Waals surface area contributed by atoms with E-state index in [0.29, 0.717) is 24.8 Å². The lowest BCUT2D eigenvalue weighted by atomic mass is 9.83. The summed E-state index contributed by atoms with van der Waals surface area (Å²) in [5, 5.41) is 8.60. The van der Waals surface area contributed by atoms with Crippen molar-refractivity contribution in [3.8, 4) is 23.7 Å². The Morgan fingerprint density at radius 1 is 0.974 bits per heavy atom. The van der Waals surface area contributed by atoms with Gasteiger partial charge in [-0.15, -0.1) is 0 Å². The third kappa shape index (κ3) is 15.8. The second-order valence-corrected chi connectivity index (χ2v) is 16.0. The molecule has 10 heteroatoms. The third-order valence-corrected chi connectivity index (χ3v) is 10.6. The summed E-state index contributed by atoms with van der Waals surface area (Å²) in [6.07, 6.45) is 1.51. The van der Waals surface area contributed by atoms with Crippen molar-refractivity contribution in [1.29, 1.82) is 0 Å². The number of carboxylic acids is 1. The standard InChI is InChI=1S/C29H44O9Si/c1-22(30)36-19-12-15-24(38-39(8,9)28(2,3)4)29(5,6)18-10-13-23(21-27(34)35-7)14-11-20-37-26(33)17-16-25(31)32/h21,24H,11,14,16-20H2,1-9H3,(H,31,32)/b23-21-. The number of hydrogen-bond acceptors (Lipinski definition) is 8. The van der Waals surface area contributed by atoms with Gasteiger partial charge in [-0.1, -0.05) is 58.3 Å². The maximum Gasteiger partial charge on any atom is 0.331 e. The highest BCUT2D eigenvalue weighted by molar-refractivity contribution is 6.74. The number of methoxy groups -OCH3 is 1. The maximum absolute atomic E-state index is 11.8. The fraction of sp³-hybridized carbons (Fsp3) is 0.655. The molecule has 1 N–H and O–H groups in total. The quantitative estimate of drug-likeness (QED) is 0.0849. The van der Waals surface area contributed by atoms with E-state index in [0.717, 1.165) is 0 Å². The van der Waals surface area contributed by atoms with Crippen molar-refractivity contribution in [3.05, 3.63) is 11.6 Å². The minimum absolute atomic E-state index is 0.0264. The molecule has 0 aromatic carbocycles. The lowest BCUT2D eigenvalue weighted by Crippen LogP contribution is -2.47. The second-order valence-electron chi connectivity index (χ2n) is 11.2. The molecular weight excluding hydrogens is 520 g/mol. The van der Waals surface area contributed by atoms with Crippen LogP contribution in [-0.2, 0) is 37.8 Å². The molecule has 0 amide bonds. The van der Waals surface area contributed by atoms with Gasteiger partial charge in [0.25, 0.3) is 0 Å². The van der Waals surface area contributed by atoms with Crippen LogP contribution in [0.4, 0.5) is 0 Å². The van der Waals surface area contributed by atoms with Crippen LogP contribution in [0.5, 0.6) is 0 Å². The van der Waals surface area contributed by atoms with Crippen LogP contribution < -0.4 is 0 Å². The molecule has 0 aliphatic rings. The minimum Gasteiger partial charge on any atom is -0.481 e. The Bertz CT molecular complexity index is 1010. The van der Waals surface area contributed by atoms with Crippen LogP contribution in [0.2, 0.25) is 18.1 Å². The first-order chi connectivity index (χ1) is 17.9. The summed E-state index contributed by atoms with van der Waals surface area (Å²) in [4.78, 5) is 45.1. The molecule has 0 aliphatic heterocycles. The number of rotatable bonds is 13. The summed E-state index contributed by atoms with van der Waals surface area (Å²) in [6.45, 7) is 16.1. The van der Waals surface area contributed by atoms with E-state index in [9.17, 15) is 19.2 Å². The Kier molecular flexibility index (Phi) is 15.5. The summed E-state index contributed by atoms with van der Waals surface area (Å²) in [5.74, 6) is 9.58. The van der Waals surface area contributed by atoms with Gasteiger partial charge >= 0.3 is 23.9 Å². The zero-order chi connectivity index (χ0) is 30.3. The number of allylic oxidation sites excluding steroid dienone is 1. The van der Waals surface area contributed by atoms with Gasteiger partial charge in [0.1, 0.15) is 6.10 Å². The summed E-state index contributed by atoms with van der Waals surface area (Å²) >= 11 is 0. The first-order valence-corrected chi connectivity index (χ1v) is 15.8. The van der Waals surface area contributed by atoms with Gasteiger partial charge in [0.2, 0.25) is 0 Å². The number of aliphatic carboxylic acids is 1. The van der Waals surface area contributed by atoms with Crippen molar-refractivity contribution in [1.82, 2.24) is 0 Å². The first-order valence-electron chi connectivity index (χ1n) is 12.9. The van der Waals surface area contributed by atoms with E-state index in [2.05, 4.69) is 57.5 Å². The molecule has 0 rings (SSSR count). The monoisotopic (exact) mass is 564 g/mol. The van der Waals surface area contributed by atoms with Crippen LogP contribution in [0.3, 0.4) is 0 Å². The highest BCUT2D eigenvalue weighted by Gasteiger charge is 2.42. The van der Waals surface area contributed by atoms with Gasteiger partial charge in [0.15, 0.2) is 14.9 Å². The van der Waals surface area contributed by atoms with Crippen LogP contribution in [-0.4, -0.2) is 63.7 Å². The van der Waals surface area contributed by atoms with E-state index in [1.807, 2.05) is 13.8 Å². The molecule has 0 fully saturated rings. The molecule has 0 saturated carbocycles. The Morgan fingerprint density at radius 3 is 2.15 bits per heavy atom. The van der Waals surface area contributed by atoms with Crippen molar-refractivity contribution < 1.29 is 42.9 Å². The second kappa shape index (κ2) is 16.8. The lowest BCUT2D eigenvalue weighted by Gasteiger charge is -2.42. The average Bonchev–Trinajstić information content (AvgIpc) is 2.80. The molecule has 0 aromatic heterocycles. The fourth-order valence-corrected chi connectivity index (χ4v) is 4.03. The number of carbonyl (C=O) groups excluding carboxylic acids is 3. The SMILES string of the molecule is COC(=O)/C=C(/C#CCC(C)(C)C(C#CCOC(C)=O)O[Si](C)(C)C(C)(C)C)CCCOC(=O)CCC(=O)O. The fourth-order valence-electron chi connectivity index (χ4n) is 2.71. The highest BCUT2D eigenvalue weighted by atomic mass is 28.4. The van der Waals surface area contributed by atoms with Gasteiger partial charge in [-0.25, -0.2) is 4.79 Å². The molecule has 0 saturated heterocycles. The molecule has 9 nitrogen and oxygen atoms in total. The summed E-state index contributed by atoms with van der Waals surface area (Å²) < 4.78 is 21.4. The molecule has 1 unspecified atom stereocenters. The smallest absolute Gasteiger partial charge is 0.331 e. The topological polar surface area (TPSA) is 125 Å². The molecule has 39 heavy (non-hydrogen) atoms. The molecule has 0 heterocycles. The van der Waals surface area contributed by atoms with E-state index < -0.39 is 43.7 Å². The van der Waals surface area contributed by atoms with E-state index in [-0.39, 0.29) is 31.1 Å². The Morgan fingerprint density at radius 2 is 1.62 bits per heavy atom. The van der Waals surface area contributed by atoms with Crippen LogP contribution in [0, 0.1) is 29.1 Å². The van der Waals surface area contributed by atoms with Crippen molar-refractivity contribution in [2.75, 3.05) is 20.3 Å². The number of ether oxygens (including phenoxy) is 3. The highest BCUT2D eigenvalue weighted by Crippen LogP contribution is 2.40. The Balaban J connectivity index is 5.61. The molecule has 0 spiro atoms. The zero-order valence-electron chi connectivity index (χ0n) is 24.8. The van der Waals surface area contributed by atoms with E-state index >= 15 is 0 Å². The van der Waals surface area contributed by atoms with Gasteiger partial charge in [-0.05, 0) is 31.0 Å². The van der Waals surface area contributed by atoms with Gasteiger partial charge in [-0.3, -0.25) is 14.4 Å².